The molecule has 0 unspecified atom stereocenters. The topological polar surface area (TPSA) is 122 Å². The third-order valence-electron chi connectivity index (χ3n) is 7.79. The van der Waals surface area contributed by atoms with Crippen LogP contribution < -0.4 is 10.2 Å². The predicted octanol–water partition coefficient (Wildman–Crippen LogP) is 4.98. The number of anilines is 1. The minimum absolute atomic E-state index is 0.168. The van der Waals surface area contributed by atoms with Gasteiger partial charge in [-0.15, -0.1) is 11.8 Å². The van der Waals surface area contributed by atoms with Crippen molar-refractivity contribution >= 4 is 57.9 Å². The summed E-state index contributed by atoms with van der Waals surface area (Å²) in [6.07, 6.45) is 1.28. The van der Waals surface area contributed by atoms with E-state index < -0.39 is 29.6 Å². The van der Waals surface area contributed by atoms with Gasteiger partial charge in [-0.05, 0) is 75.9 Å². The van der Waals surface area contributed by atoms with Gasteiger partial charge in [0.25, 0.3) is 11.8 Å². The third kappa shape index (κ3) is 7.26. The van der Waals surface area contributed by atoms with Crippen LogP contribution in [0.25, 0.3) is 10.8 Å². The number of fused-ring (bicyclic) bond motifs is 4. The van der Waals surface area contributed by atoms with Crippen molar-refractivity contribution in [3.05, 3.63) is 71.8 Å². The van der Waals surface area contributed by atoms with Gasteiger partial charge in [-0.3, -0.25) is 39.1 Å². The second-order valence-corrected chi connectivity index (χ2v) is 13.3. The van der Waals surface area contributed by atoms with Gasteiger partial charge in [0.2, 0.25) is 5.91 Å². The number of carbonyl (C=O) groups excluding carboxylic acids is 5. The van der Waals surface area contributed by atoms with Crippen LogP contribution in [0.1, 0.15) is 67.7 Å². The molecule has 2 heterocycles. The lowest BCUT2D eigenvalue weighted by molar-refractivity contribution is -0.154. The fraction of sp³-hybridized carbons (Fsp3) is 0.400. The molecule has 2 atom stereocenters. The largest absolute Gasteiger partial charge is 0.465 e. The smallest absolute Gasteiger partial charge is 0.326 e. The van der Waals surface area contributed by atoms with E-state index in [9.17, 15) is 24.0 Å². The van der Waals surface area contributed by atoms with E-state index in [4.69, 9.17) is 9.47 Å². The van der Waals surface area contributed by atoms with Crippen molar-refractivity contribution in [1.82, 2.24) is 10.2 Å². The van der Waals surface area contributed by atoms with E-state index in [-0.39, 0.29) is 37.4 Å². The molecule has 2 aliphatic heterocycles. The van der Waals surface area contributed by atoms with Gasteiger partial charge in [0.05, 0.1) is 29.5 Å². The van der Waals surface area contributed by atoms with Crippen molar-refractivity contribution in [2.45, 2.75) is 69.5 Å². The summed E-state index contributed by atoms with van der Waals surface area (Å²) in [5.41, 5.74) is 0.671. The van der Waals surface area contributed by atoms with Gasteiger partial charge in [-0.25, -0.2) is 0 Å². The van der Waals surface area contributed by atoms with Crippen molar-refractivity contribution in [1.29, 1.82) is 0 Å². The number of hydrogen-bond donors (Lipinski definition) is 1. The summed E-state index contributed by atoms with van der Waals surface area (Å²) in [6.45, 7) is 7.13. The number of imide groups is 1. The maximum Gasteiger partial charge on any atom is 0.326 e. The van der Waals surface area contributed by atoms with Crippen molar-refractivity contribution in [2.75, 3.05) is 30.3 Å². The number of carbonyl (C=O) groups is 5. The van der Waals surface area contributed by atoms with Crippen molar-refractivity contribution in [3.8, 4) is 0 Å². The molecule has 11 heteroatoms. The van der Waals surface area contributed by atoms with Crippen LogP contribution in [0.4, 0.5) is 5.69 Å². The van der Waals surface area contributed by atoms with Gasteiger partial charge in [0.1, 0.15) is 18.2 Å². The SMILES string of the molecule is CCOC(=O)[C@H](CCCCN1C(=O)c2ccccc2C1=O)N[C@H]1CSc2c(ccc3ccccc23)N(CC(=O)OC(C)(C)C)C1=O. The lowest BCUT2D eigenvalue weighted by Crippen LogP contribution is -2.54. The van der Waals surface area contributed by atoms with Crippen molar-refractivity contribution in [3.63, 3.8) is 0 Å². The van der Waals surface area contributed by atoms with E-state index >= 15 is 0 Å². The van der Waals surface area contributed by atoms with Crippen LogP contribution in [0.2, 0.25) is 0 Å². The first kappa shape index (κ1) is 33.2. The zero-order valence-corrected chi connectivity index (χ0v) is 27.4. The Hall–Kier alpha value is -4.22. The Kier molecular flexibility index (Phi) is 10.1. The summed E-state index contributed by atoms with van der Waals surface area (Å²) in [7, 11) is 0. The molecule has 3 amide bonds. The van der Waals surface area contributed by atoms with E-state index in [1.54, 1.807) is 52.0 Å². The van der Waals surface area contributed by atoms with Gasteiger partial charge in [-0.2, -0.15) is 0 Å². The summed E-state index contributed by atoms with van der Waals surface area (Å²) in [6, 6.07) is 16.7. The number of esters is 2. The quantitative estimate of drug-likeness (QED) is 0.175. The lowest BCUT2D eigenvalue weighted by atomic mass is 10.1. The van der Waals surface area contributed by atoms with E-state index in [2.05, 4.69) is 5.32 Å². The second kappa shape index (κ2) is 14.0. The summed E-state index contributed by atoms with van der Waals surface area (Å²) in [4.78, 5) is 69.3. The summed E-state index contributed by atoms with van der Waals surface area (Å²) in [5, 5.41) is 5.21. The highest BCUT2D eigenvalue weighted by Gasteiger charge is 2.37. The predicted molar refractivity (Wildman–Crippen MR) is 176 cm³/mol. The van der Waals surface area contributed by atoms with Gasteiger partial charge >= 0.3 is 11.9 Å². The first-order chi connectivity index (χ1) is 22.0. The summed E-state index contributed by atoms with van der Waals surface area (Å²) in [5.74, 6) is -1.71. The Balaban J connectivity index is 1.32. The Morgan fingerprint density at radius 3 is 2.28 bits per heavy atom. The number of benzene rings is 3. The molecule has 1 N–H and O–H groups in total. The number of ether oxygens (including phenoxy) is 2. The fourth-order valence-electron chi connectivity index (χ4n) is 5.74. The minimum atomic E-state index is -0.821. The number of thioether (sulfide) groups is 1. The lowest BCUT2D eigenvalue weighted by Gasteiger charge is -2.29. The Labute approximate surface area is 272 Å². The zero-order valence-electron chi connectivity index (χ0n) is 26.5. The number of unbranched alkanes of at least 4 members (excludes halogenated alkanes) is 1. The fourth-order valence-corrected chi connectivity index (χ4v) is 6.98. The number of nitrogens with zero attached hydrogens (tertiary/aromatic N) is 2. The molecule has 0 spiro atoms. The maximum absolute atomic E-state index is 14.2. The van der Waals surface area contributed by atoms with Gasteiger partial charge in [0, 0.05) is 17.2 Å². The molecule has 46 heavy (non-hydrogen) atoms. The molecule has 0 saturated heterocycles. The summed E-state index contributed by atoms with van der Waals surface area (Å²) < 4.78 is 10.9. The highest BCUT2D eigenvalue weighted by Crippen LogP contribution is 2.40. The van der Waals surface area contributed by atoms with Crippen LogP contribution in [-0.4, -0.2) is 77.7 Å². The van der Waals surface area contributed by atoms with E-state index in [1.165, 1.54) is 21.6 Å². The first-order valence-electron chi connectivity index (χ1n) is 15.5. The van der Waals surface area contributed by atoms with Crippen LogP contribution in [0.15, 0.2) is 65.6 Å². The van der Waals surface area contributed by atoms with Gasteiger partial charge in [-0.1, -0.05) is 42.5 Å². The molecular formula is C35H39N3O7S. The summed E-state index contributed by atoms with van der Waals surface area (Å²) >= 11 is 1.49. The first-order valence-corrected chi connectivity index (χ1v) is 16.5. The monoisotopic (exact) mass is 645 g/mol. The molecule has 5 rings (SSSR count). The molecule has 10 nitrogen and oxygen atoms in total. The molecule has 242 valence electrons. The third-order valence-corrected chi connectivity index (χ3v) is 9.01. The number of rotatable bonds is 11. The van der Waals surface area contributed by atoms with Crippen LogP contribution in [0.3, 0.4) is 0 Å². The van der Waals surface area contributed by atoms with Crippen molar-refractivity contribution in [2.24, 2.45) is 0 Å². The molecule has 3 aromatic rings. The molecular weight excluding hydrogens is 606 g/mol. The van der Waals surface area contributed by atoms with Gasteiger partial charge in [0.15, 0.2) is 0 Å². The molecule has 0 aliphatic carbocycles. The Bertz CT molecular complexity index is 1630. The maximum atomic E-state index is 14.2. The molecule has 0 bridgehead atoms. The van der Waals surface area contributed by atoms with Crippen molar-refractivity contribution < 1.29 is 33.4 Å². The minimum Gasteiger partial charge on any atom is -0.465 e. The highest BCUT2D eigenvalue weighted by molar-refractivity contribution is 7.99. The Morgan fingerprint density at radius 1 is 0.935 bits per heavy atom. The Morgan fingerprint density at radius 2 is 1.61 bits per heavy atom. The molecule has 3 aromatic carbocycles. The van der Waals surface area contributed by atoms with Crippen LogP contribution in [-0.2, 0) is 23.9 Å². The molecule has 0 aromatic heterocycles. The number of amides is 3. The van der Waals surface area contributed by atoms with E-state index in [0.29, 0.717) is 41.8 Å². The van der Waals surface area contributed by atoms with Crippen LogP contribution in [0.5, 0.6) is 0 Å². The molecule has 0 fully saturated rings. The molecule has 2 aliphatic rings. The van der Waals surface area contributed by atoms with Gasteiger partial charge < -0.3 is 9.47 Å². The normalized spacial score (nSPS) is 17.0. The van der Waals surface area contributed by atoms with E-state index in [0.717, 1.165) is 15.7 Å². The zero-order chi connectivity index (χ0) is 33.0. The molecule has 0 radical (unpaired) electrons. The average Bonchev–Trinajstić information content (AvgIpc) is 3.17. The van der Waals surface area contributed by atoms with Crippen LogP contribution in [0, 0.1) is 0 Å². The standard InChI is InChI=1S/C35H39N3O7S/c1-5-44-34(43)26(16-10-11-19-37-31(40)24-14-8-9-15-25(24)32(37)41)36-27-21-46-30-23-13-7-6-12-22(23)17-18-28(30)38(33(27)42)20-29(39)45-35(2,3)4/h6-9,12-15,17-18,26-27,36H,5,10-11,16,19-21H2,1-4H3/t26-,27-/m0/s1. The average molecular weight is 646 g/mol. The van der Waals surface area contributed by atoms with Crippen LogP contribution >= 0.6 is 11.8 Å². The second-order valence-electron chi connectivity index (χ2n) is 12.3. The number of hydrogen-bond acceptors (Lipinski definition) is 9. The number of nitrogens with one attached hydrogen (secondary N) is 1. The molecule has 0 saturated carbocycles. The highest BCUT2D eigenvalue weighted by atomic mass is 32.2. The van der Waals surface area contributed by atoms with E-state index in [1.807, 2.05) is 36.4 Å².